The summed E-state index contributed by atoms with van der Waals surface area (Å²) in [7, 11) is -4.11. The van der Waals surface area contributed by atoms with Crippen LogP contribution in [0.5, 0.6) is 5.75 Å². The number of amides is 2. The first-order valence-corrected chi connectivity index (χ1v) is 12.0. The summed E-state index contributed by atoms with van der Waals surface area (Å²) in [6, 6.07) is 18.2. The highest BCUT2D eigenvalue weighted by atomic mass is 32.2. The van der Waals surface area contributed by atoms with E-state index in [0.717, 1.165) is 30.7 Å². The van der Waals surface area contributed by atoms with E-state index in [9.17, 15) is 17.6 Å². The van der Waals surface area contributed by atoms with Crippen molar-refractivity contribution >= 4 is 21.8 Å². The Morgan fingerprint density at radius 3 is 2.27 bits per heavy atom. The molecule has 1 N–H and O–H groups in total. The number of nitrogens with one attached hydrogen (secondary N) is 1. The van der Waals surface area contributed by atoms with E-state index in [1.807, 2.05) is 38.1 Å². The van der Waals surface area contributed by atoms with E-state index in [-0.39, 0.29) is 29.3 Å². The molecule has 0 spiro atoms. The van der Waals surface area contributed by atoms with Crippen LogP contribution in [-0.4, -0.2) is 25.4 Å². The number of benzene rings is 3. The van der Waals surface area contributed by atoms with Crippen molar-refractivity contribution < 1.29 is 21.8 Å². The maximum Gasteiger partial charge on any atom is 0.339 e. The fraction of sp³-hybridized carbons (Fsp3) is 0.240. The molecule has 3 rings (SSSR count). The standard InChI is InChI=1S/C25H27FN2O4S/c1-4-19-8-12-22(13-9-19)27-25(29)28(18(2)3)17-20-6-5-7-23(16-20)32-33(30,31)24-14-10-21(26)11-15-24/h5-16,18H,4,17H2,1-3H3,(H,27,29). The summed E-state index contributed by atoms with van der Waals surface area (Å²) in [6.45, 7) is 6.12. The maximum absolute atomic E-state index is 13.1. The molecule has 0 unspecified atom stereocenters. The summed E-state index contributed by atoms with van der Waals surface area (Å²) in [4.78, 5) is 14.4. The third-order valence-electron chi connectivity index (χ3n) is 5.06. The Kier molecular flexibility index (Phi) is 7.71. The van der Waals surface area contributed by atoms with Crippen LogP contribution in [0, 0.1) is 5.82 Å². The second-order valence-corrected chi connectivity index (χ2v) is 9.39. The molecule has 6 nitrogen and oxygen atoms in total. The highest BCUT2D eigenvalue weighted by Crippen LogP contribution is 2.22. The molecule has 0 fully saturated rings. The summed E-state index contributed by atoms with van der Waals surface area (Å²) in [5.74, 6) is -0.430. The molecule has 0 saturated carbocycles. The van der Waals surface area contributed by atoms with Gasteiger partial charge in [-0.25, -0.2) is 9.18 Å². The first-order valence-electron chi connectivity index (χ1n) is 10.6. The minimum absolute atomic E-state index is 0.104. The molecule has 0 radical (unpaired) electrons. The van der Waals surface area contributed by atoms with Gasteiger partial charge in [0.15, 0.2) is 0 Å². The number of halogens is 1. The van der Waals surface area contributed by atoms with E-state index in [1.54, 1.807) is 23.1 Å². The molecule has 0 bridgehead atoms. The number of carbonyl (C=O) groups is 1. The van der Waals surface area contributed by atoms with Gasteiger partial charge in [-0.3, -0.25) is 0 Å². The van der Waals surface area contributed by atoms with Gasteiger partial charge < -0.3 is 14.4 Å². The van der Waals surface area contributed by atoms with Crippen molar-refractivity contribution in [3.63, 3.8) is 0 Å². The number of urea groups is 1. The first kappa shape index (κ1) is 24.3. The van der Waals surface area contributed by atoms with Gasteiger partial charge in [0.2, 0.25) is 0 Å². The van der Waals surface area contributed by atoms with E-state index < -0.39 is 15.9 Å². The average Bonchev–Trinajstić information content (AvgIpc) is 2.78. The van der Waals surface area contributed by atoms with E-state index >= 15 is 0 Å². The van der Waals surface area contributed by atoms with E-state index in [0.29, 0.717) is 11.3 Å². The lowest BCUT2D eigenvalue weighted by atomic mass is 10.1. The molecule has 0 atom stereocenters. The van der Waals surface area contributed by atoms with Crippen LogP contribution < -0.4 is 9.50 Å². The Bertz CT molecular complexity index is 1190. The largest absolute Gasteiger partial charge is 0.379 e. The molecule has 0 saturated heterocycles. The van der Waals surface area contributed by atoms with Crippen molar-refractivity contribution in [3.8, 4) is 5.75 Å². The second kappa shape index (κ2) is 10.5. The quantitative estimate of drug-likeness (QED) is 0.435. The molecule has 8 heteroatoms. The van der Waals surface area contributed by atoms with E-state index in [4.69, 9.17) is 4.18 Å². The van der Waals surface area contributed by atoms with Crippen molar-refractivity contribution in [2.45, 2.75) is 44.7 Å². The molecule has 33 heavy (non-hydrogen) atoms. The van der Waals surface area contributed by atoms with E-state index in [1.165, 1.54) is 11.6 Å². The van der Waals surface area contributed by atoms with Crippen LogP contribution in [0.25, 0.3) is 0 Å². The third kappa shape index (κ3) is 6.55. The van der Waals surface area contributed by atoms with Gasteiger partial charge in [-0.05, 0) is 79.9 Å². The third-order valence-corrected chi connectivity index (χ3v) is 6.32. The molecule has 0 aliphatic carbocycles. The Morgan fingerprint density at radius 1 is 1.00 bits per heavy atom. The molecular weight excluding hydrogens is 443 g/mol. The van der Waals surface area contributed by atoms with Crippen LogP contribution in [0.1, 0.15) is 31.9 Å². The number of carbonyl (C=O) groups excluding carboxylic acids is 1. The number of hydrogen-bond acceptors (Lipinski definition) is 4. The number of rotatable bonds is 8. The van der Waals surface area contributed by atoms with Gasteiger partial charge in [0.1, 0.15) is 16.5 Å². The van der Waals surface area contributed by atoms with Gasteiger partial charge >= 0.3 is 16.1 Å². The van der Waals surface area contributed by atoms with Crippen molar-refractivity contribution in [1.82, 2.24) is 4.90 Å². The lowest BCUT2D eigenvalue weighted by Crippen LogP contribution is -2.39. The topological polar surface area (TPSA) is 75.7 Å². The molecule has 0 aliphatic heterocycles. The average molecular weight is 471 g/mol. The fourth-order valence-corrected chi connectivity index (χ4v) is 4.10. The maximum atomic E-state index is 13.1. The van der Waals surface area contributed by atoms with Gasteiger partial charge in [0.25, 0.3) is 0 Å². The summed E-state index contributed by atoms with van der Waals surface area (Å²) in [5, 5.41) is 2.90. The summed E-state index contributed by atoms with van der Waals surface area (Å²) in [6.07, 6.45) is 0.918. The fourth-order valence-electron chi connectivity index (χ4n) is 3.18. The molecule has 3 aromatic rings. The van der Waals surface area contributed by atoms with Crippen molar-refractivity contribution in [2.24, 2.45) is 0 Å². The SMILES string of the molecule is CCc1ccc(NC(=O)N(Cc2cccc(OS(=O)(=O)c3ccc(F)cc3)c2)C(C)C)cc1. The Labute approximate surface area is 194 Å². The summed E-state index contributed by atoms with van der Waals surface area (Å²) < 4.78 is 43.3. The minimum atomic E-state index is -4.11. The molecule has 0 heterocycles. The molecular formula is C25H27FN2O4S. The Balaban J connectivity index is 1.73. The Hall–Kier alpha value is -3.39. The number of hydrogen-bond donors (Lipinski definition) is 1. The molecule has 0 aromatic heterocycles. The lowest BCUT2D eigenvalue weighted by molar-refractivity contribution is 0.193. The first-order chi connectivity index (χ1) is 15.7. The van der Waals surface area contributed by atoms with Crippen LogP contribution >= 0.6 is 0 Å². The monoisotopic (exact) mass is 470 g/mol. The zero-order chi connectivity index (χ0) is 24.0. The van der Waals surface area contributed by atoms with Crippen LogP contribution in [0.4, 0.5) is 14.9 Å². The highest BCUT2D eigenvalue weighted by molar-refractivity contribution is 7.87. The van der Waals surface area contributed by atoms with Crippen molar-refractivity contribution in [2.75, 3.05) is 5.32 Å². The molecule has 0 aliphatic rings. The predicted octanol–water partition coefficient (Wildman–Crippen LogP) is 5.60. The lowest BCUT2D eigenvalue weighted by Gasteiger charge is -2.27. The van der Waals surface area contributed by atoms with Crippen LogP contribution in [0.2, 0.25) is 0 Å². The normalized spacial score (nSPS) is 11.3. The Morgan fingerprint density at radius 2 is 1.67 bits per heavy atom. The van der Waals surface area contributed by atoms with Crippen LogP contribution in [0.3, 0.4) is 0 Å². The van der Waals surface area contributed by atoms with Crippen molar-refractivity contribution in [3.05, 3.63) is 89.7 Å². The van der Waals surface area contributed by atoms with Gasteiger partial charge in [-0.1, -0.05) is 31.2 Å². The highest BCUT2D eigenvalue weighted by Gasteiger charge is 2.20. The van der Waals surface area contributed by atoms with E-state index in [2.05, 4.69) is 12.2 Å². The number of aryl methyl sites for hydroxylation is 1. The van der Waals surface area contributed by atoms with Crippen molar-refractivity contribution in [1.29, 1.82) is 0 Å². The van der Waals surface area contributed by atoms with Crippen LogP contribution in [-0.2, 0) is 23.1 Å². The van der Waals surface area contributed by atoms with Gasteiger partial charge in [-0.15, -0.1) is 0 Å². The predicted molar refractivity (Wildman–Crippen MR) is 126 cm³/mol. The second-order valence-electron chi connectivity index (χ2n) is 7.84. The number of anilines is 1. The van der Waals surface area contributed by atoms with Crippen LogP contribution in [0.15, 0.2) is 77.7 Å². The van der Waals surface area contributed by atoms with Gasteiger partial charge in [0.05, 0.1) is 0 Å². The summed E-state index contributed by atoms with van der Waals surface area (Å²) in [5.41, 5.74) is 2.58. The smallest absolute Gasteiger partial charge is 0.339 e. The number of nitrogens with zero attached hydrogens (tertiary/aromatic N) is 1. The minimum Gasteiger partial charge on any atom is -0.379 e. The zero-order valence-corrected chi connectivity index (χ0v) is 19.6. The molecule has 174 valence electrons. The summed E-state index contributed by atoms with van der Waals surface area (Å²) >= 11 is 0. The van der Waals surface area contributed by atoms with Gasteiger partial charge in [0, 0.05) is 18.3 Å². The molecule has 3 aromatic carbocycles. The zero-order valence-electron chi connectivity index (χ0n) is 18.8. The molecule has 2 amide bonds. The van der Waals surface area contributed by atoms with Gasteiger partial charge in [-0.2, -0.15) is 8.42 Å².